The van der Waals surface area contributed by atoms with E-state index in [0.29, 0.717) is 0 Å². The molecule has 1 heterocycles. The molecule has 3 rings (SSSR count). The smallest absolute Gasteiger partial charge is 0.130 e. The molecule has 0 unspecified atom stereocenters. The number of nitrogens with zero attached hydrogens (tertiary/aromatic N) is 1. The molecule has 0 bridgehead atoms. The van der Waals surface area contributed by atoms with Crippen molar-refractivity contribution < 1.29 is 0 Å². The highest BCUT2D eigenvalue weighted by atomic mass is 79.9. The van der Waals surface area contributed by atoms with E-state index in [2.05, 4.69) is 50.2 Å². The Kier molecular flexibility index (Phi) is 3.79. The minimum absolute atomic E-state index is 0.853. The molecule has 0 aliphatic rings. The normalized spacial score (nSPS) is 11.1. The molecule has 0 amide bonds. The van der Waals surface area contributed by atoms with Gasteiger partial charge in [0.1, 0.15) is 5.82 Å². The summed E-state index contributed by atoms with van der Waals surface area (Å²) in [6, 6.07) is 18.3. The van der Waals surface area contributed by atoms with Crippen molar-refractivity contribution in [1.29, 1.82) is 0 Å². The van der Waals surface area contributed by atoms with E-state index >= 15 is 0 Å². The third kappa shape index (κ3) is 3.06. The summed E-state index contributed by atoms with van der Waals surface area (Å²) in [6.07, 6.45) is 5.95. The average molecular weight is 325 g/mol. The van der Waals surface area contributed by atoms with Crippen molar-refractivity contribution in [1.82, 2.24) is 9.97 Å². The van der Waals surface area contributed by atoms with Crippen LogP contribution in [0.15, 0.2) is 65.3 Å². The van der Waals surface area contributed by atoms with Gasteiger partial charge in [0.05, 0.1) is 5.69 Å². The number of rotatable bonds is 3. The molecule has 0 saturated heterocycles. The summed E-state index contributed by atoms with van der Waals surface area (Å²) in [6.45, 7) is 0. The Hall–Kier alpha value is -2.13. The second kappa shape index (κ2) is 5.88. The lowest BCUT2D eigenvalue weighted by molar-refractivity contribution is 1.27. The van der Waals surface area contributed by atoms with E-state index in [1.54, 1.807) is 0 Å². The van der Waals surface area contributed by atoms with Crippen LogP contribution in [0.5, 0.6) is 0 Å². The summed E-state index contributed by atoms with van der Waals surface area (Å²) in [5, 5.41) is 0. The topological polar surface area (TPSA) is 28.7 Å². The van der Waals surface area contributed by atoms with Crippen molar-refractivity contribution in [3.63, 3.8) is 0 Å². The molecule has 3 aromatic rings. The average Bonchev–Trinajstić information content (AvgIpc) is 2.97. The maximum atomic E-state index is 4.56. The zero-order valence-corrected chi connectivity index (χ0v) is 12.3. The van der Waals surface area contributed by atoms with Gasteiger partial charge in [0.15, 0.2) is 0 Å². The minimum atomic E-state index is 0.853. The van der Waals surface area contributed by atoms with Crippen molar-refractivity contribution in [2.24, 2.45) is 0 Å². The molecular weight excluding hydrogens is 312 g/mol. The Labute approximate surface area is 126 Å². The Morgan fingerprint density at radius 3 is 2.40 bits per heavy atom. The fourth-order valence-electron chi connectivity index (χ4n) is 1.93. The first-order chi connectivity index (χ1) is 9.81. The lowest BCUT2D eigenvalue weighted by atomic mass is 10.2. The summed E-state index contributed by atoms with van der Waals surface area (Å²) < 4.78 is 1.08. The first kappa shape index (κ1) is 12.9. The molecule has 98 valence electrons. The maximum absolute atomic E-state index is 4.56. The predicted molar refractivity (Wildman–Crippen MR) is 87.1 cm³/mol. The summed E-state index contributed by atoms with van der Waals surface area (Å²) in [5.41, 5.74) is 3.22. The number of imidazole rings is 1. The third-order valence-electron chi connectivity index (χ3n) is 2.97. The van der Waals surface area contributed by atoms with Crippen LogP contribution < -0.4 is 0 Å². The van der Waals surface area contributed by atoms with Crippen molar-refractivity contribution in [3.05, 3.63) is 76.7 Å². The number of benzene rings is 2. The van der Waals surface area contributed by atoms with E-state index in [9.17, 15) is 0 Å². The summed E-state index contributed by atoms with van der Waals surface area (Å²) >= 11 is 3.43. The molecule has 2 aromatic carbocycles. The molecule has 0 atom stereocenters. The number of halogens is 1. The summed E-state index contributed by atoms with van der Waals surface area (Å²) in [7, 11) is 0. The lowest BCUT2D eigenvalue weighted by Crippen LogP contribution is -1.78. The van der Waals surface area contributed by atoms with Crippen molar-refractivity contribution in [2.75, 3.05) is 0 Å². The SMILES string of the molecule is Brc1ccc(/C=C/c2nc(-c3ccccc3)c[nH]2)cc1. The molecule has 20 heavy (non-hydrogen) atoms. The highest BCUT2D eigenvalue weighted by Gasteiger charge is 2.00. The largest absolute Gasteiger partial charge is 0.344 e. The molecule has 1 aromatic heterocycles. The van der Waals surface area contributed by atoms with Crippen LogP contribution in [0.25, 0.3) is 23.4 Å². The van der Waals surface area contributed by atoms with Gasteiger partial charge in [-0.2, -0.15) is 0 Å². The molecule has 0 spiro atoms. The van der Waals surface area contributed by atoms with Gasteiger partial charge in [-0.05, 0) is 23.8 Å². The monoisotopic (exact) mass is 324 g/mol. The lowest BCUT2D eigenvalue weighted by Gasteiger charge is -1.94. The number of aromatic nitrogens is 2. The van der Waals surface area contributed by atoms with Crippen molar-refractivity contribution in [2.45, 2.75) is 0 Å². The van der Waals surface area contributed by atoms with Crippen LogP contribution in [-0.2, 0) is 0 Å². The van der Waals surface area contributed by atoms with E-state index in [-0.39, 0.29) is 0 Å². The molecule has 1 N–H and O–H groups in total. The van der Waals surface area contributed by atoms with E-state index in [4.69, 9.17) is 0 Å². The van der Waals surface area contributed by atoms with Gasteiger partial charge in [-0.3, -0.25) is 0 Å². The quantitative estimate of drug-likeness (QED) is 0.720. The Balaban J connectivity index is 1.79. The van der Waals surface area contributed by atoms with Gasteiger partial charge in [0, 0.05) is 16.2 Å². The second-order valence-electron chi connectivity index (χ2n) is 4.42. The number of hydrogen-bond donors (Lipinski definition) is 1. The van der Waals surface area contributed by atoms with E-state index in [1.807, 2.05) is 48.7 Å². The molecule has 2 nitrogen and oxygen atoms in total. The van der Waals surface area contributed by atoms with Crippen LogP contribution in [0.1, 0.15) is 11.4 Å². The first-order valence-electron chi connectivity index (χ1n) is 6.36. The van der Waals surface area contributed by atoms with Gasteiger partial charge in [-0.1, -0.05) is 64.5 Å². The van der Waals surface area contributed by atoms with Gasteiger partial charge < -0.3 is 4.98 Å². The number of aromatic amines is 1. The summed E-state index contributed by atoms with van der Waals surface area (Å²) in [4.78, 5) is 7.74. The molecule has 3 heteroatoms. The van der Waals surface area contributed by atoms with E-state index in [0.717, 1.165) is 27.1 Å². The molecule has 0 radical (unpaired) electrons. The van der Waals surface area contributed by atoms with Crippen LogP contribution in [-0.4, -0.2) is 9.97 Å². The zero-order chi connectivity index (χ0) is 13.8. The molecule has 0 fully saturated rings. The molecule has 0 aliphatic carbocycles. The maximum Gasteiger partial charge on any atom is 0.130 e. The van der Waals surface area contributed by atoms with Crippen LogP contribution >= 0.6 is 15.9 Å². The molecule has 0 aliphatic heterocycles. The van der Waals surface area contributed by atoms with E-state index < -0.39 is 0 Å². The fraction of sp³-hybridized carbons (Fsp3) is 0. The predicted octanol–water partition coefficient (Wildman–Crippen LogP) is 5.01. The number of hydrogen-bond acceptors (Lipinski definition) is 1. The van der Waals surface area contributed by atoms with Gasteiger partial charge in [0.2, 0.25) is 0 Å². The van der Waals surface area contributed by atoms with E-state index in [1.165, 1.54) is 0 Å². The van der Waals surface area contributed by atoms with Crippen LogP contribution in [0.3, 0.4) is 0 Å². The Morgan fingerprint density at radius 1 is 0.900 bits per heavy atom. The van der Waals surface area contributed by atoms with Gasteiger partial charge >= 0.3 is 0 Å². The standard InChI is InChI=1S/C17H13BrN2/c18-15-9-6-13(7-10-15)8-11-17-19-12-16(20-17)14-4-2-1-3-5-14/h1-12H,(H,19,20)/b11-8+. The van der Waals surface area contributed by atoms with Gasteiger partial charge in [-0.15, -0.1) is 0 Å². The van der Waals surface area contributed by atoms with Gasteiger partial charge in [0.25, 0.3) is 0 Å². The van der Waals surface area contributed by atoms with Crippen LogP contribution in [0.4, 0.5) is 0 Å². The van der Waals surface area contributed by atoms with Crippen molar-refractivity contribution >= 4 is 28.1 Å². The Bertz CT molecular complexity index is 712. The number of H-pyrrole nitrogens is 1. The fourth-order valence-corrected chi connectivity index (χ4v) is 2.19. The van der Waals surface area contributed by atoms with Gasteiger partial charge in [-0.25, -0.2) is 4.98 Å². The number of nitrogens with one attached hydrogen (secondary N) is 1. The first-order valence-corrected chi connectivity index (χ1v) is 7.15. The second-order valence-corrected chi connectivity index (χ2v) is 5.34. The molecule has 0 saturated carbocycles. The highest BCUT2D eigenvalue weighted by Crippen LogP contribution is 2.17. The summed E-state index contributed by atoms with van der Waals surface area (Å²) in [5.74, 6) is 0.853. The minimum Gasteiger partial charge on any atom is -0.344 e. The van der Waals surface area contributed by atoms with Crippen LogP contribution in [0.2, 0.25) is 0 Å². The van der Waals surface area contributed by atoms with Crippen LogP contribution in [0, 0.1) is 0 Å². The highest BCUT2D eigenvalue weighted by molar-refractivity contribution is 9.10. The zero-order valence-electron chi connectivity index (χ0n) is 10.8. The van der Waals surface area contributed by atoms with Crippen molar-refractivity contribution in [3.8, 4) is 11.3 Å². The molecular formula is C17H13BrN2. The Morgan fingerprint density at radius 2 is 1.65 bits per heavy atom. The third-order valence-corrected chi connectivity index (χ3v) is 3.50.